The molecule has 0 radical (unpaired) electrons. The molecule has 0 aliphatic heterocycles. The summed E-state index contributed by atoms with van der Waals surface area (Å²) >= 11 is 0. The van der Waals surface area contributed by atoms with Gasteiger partial charge in [0, 0.05) is 4.90 Å². The molecular formula is C9H9FO2S. The Morgan fingerprint density at radius 3 is 2.38 bits per heavy atom. The zero-order chi connectivity index (χ0) is 9.84. The first-order valence-electron chi connectivity index (χ1n) is 3.73. The second-order valence-electron chi connectivity index (χ2n) is 2.65. The van der Waals surface area contributed by atoms with Crippen molar-refractivity contribution in [1.29, 1.82) is 0 Å². The van der Waals surface area contributed by atoms with Crippen LogP contribution in [0.1, 0.15) is 6.92 Å². The highest BCUT2D eigenvalue weighted by Crippen LogP contribution is 2.07. The van der Waals surface area contributed by atoms with Gasteiger partial charge >= 0.3 is 0 Å². The topological polar surface area (TPSA) is 34.1 Å². The van der Waals surface area contributed by atoms with Gasteiger partial charge in [0.2, 0.25) is 0 Å². The van der Waals surface area contributed by atoms with Crippen LogP contribution in [0.15, 0.2) is 29.2 Å². The molecule has 1 atom stereocenters. The highest BCUT2D eigenvalue weighted by Gasteiger charge is 2.05. The van der Waals surface area contributed by atoms with Gasteiger partial charge in [-0.15, -0.1) is 0 Å². The van der Waals surface area contributed by atoms with Crippen molar-refractivity contribution in [3.8, 4) is 0 Å². The molecule has 70 valence electrons. The lowest BCUT2D eigenvalue weighted by molar-refractivity contribution is -0.114. The quantitative estimate of drug-likeness (QED) is 0.741. The Morgan fingerprint density at radius 2 is 1.92 bits per heavy atom. The van der Waals surface area contributed by atoms with Crippen molar-refractivity contribution >= 4 is 16.6 Å². The summed E-state index contributed by atoms with van der Waals surface area (Å²) in [5.74, 6) is -0.516. The Kier molecular flexibility index (Phi) is 3.31. The highest BCUT2D eigenvalue weighted by molar-refractivity contribution is 7.85. The van der Waals surface area contributed by atoms with Gasteiger partial charge in [-0.05, 0) is 31.2 Å². The van der Waals surface area contributed by atoms with Crippen molar-refractivity contribution in [2.75, 3.05) is 5.75 Å². The van der Waals surface area contributed by atoms with E-state index in [2.05, 4.69) is 0 Å². The molecule has 0 amide bonds. The molecule has 0 aliphatic rings. The van der Waals surface area contributed by atoms with Crippen LogP contribution >= 0.6 is 0 Å². The van der Waals surface area contributed by atoms with Gasteiger partial charge < -0.3 is 0 Å². The number of Topliss-reactive ketones (excluding diaryl/α,β-unsaturated/α-hetero) is 1. The van der Waals surface area contributed by atoms with Gasteiger partial charge in [-0.25, -0.2) is 4.39 Å². The van der Waals surface area contributed by atoms with E-state index in [9.17, 15) is 13.4 Å². The van der Waals surface area contributed by atoms with E-state index in [0.29, 0.717) is 4.90 Å². The summed E-state index contributed by atoms with van der Waals surface area (Å²) in [6.07, 6.45) is 0. The number of rotatable bonds is 3. The third-order valence-corrected chi connectivity index (χ3v) is 2.88. The van der Waals surface area contributed by atoms with E-state index in [1.165, 1.54) is 31.2 Å². The highest BCUT2D eigenvalue weighted by atomic mass is 32.2. The van der Waals surface area contributed by atoms with Crippen LogP contribution in [0, 0.1) is 5.82 Å². The number of carbonyl (C=O) groups is 1. The molecule has 4 heteroatoms. The van der Waals surface area contributed by atoms with Gasteiger partial charge in [0.05, 0.1) is 16.6 Å². The summed E-state index contributed by atoms with van der Waals surface area (Å²) in [5.41, 5.74) is 0. The summed E-state index contributed by atoms with van der Waals surface area (Å²) in [6.45, 7) is 1.38. The molecule has 0 N–H and O–H groups in total. The van der Waals surface area contributed by atoms with Crippen LogP contribution in [0.2, 0.25) is 0 Å². The molecule has 2 nitrogen and oxygen atoms in total. The number of carbonyl (C=O) groups excluding carboxylic acids is 1. The van der Waals surface area contributed by atoms with E-state index in [0.717, 1.165) is 0 Å². The minimum Gasteiger partial charge on any atom is -0.299 e. The van der Waals surface area contributed by atoms with Crippen molar-refractivity contribution in [3.05, 3.63) is 30.1 Å². The Balaban J connectivity index is 2.78. The number of hydrogen-bond acceptors (Lipinski definition) is 2. The van der Waals surface area contributed by atoms with Crippen LogP contribution in [0.3, 0.4) is 0 Å². The fraction of sp³-hybridized carbons (Fsp3) is 0.222. The van der Waals surface area contributed by atoms with E-state index < -0.39 is 10.8 Å². The summed E-state index contributed by atoms with van der Waals surface area (Å²) in [4.78, 5) is 11.1. The van der Waals surface area contributed by atoms with Gasteiger partial charge in [-0.3, -0.25) is 9.00 Å². The first-order chi connectivity index (χ1) is 6.09. The molecule has 0 saturated heterocycles. The van der Waals surface area contributed by atoms with E-state index in [4.69, 9.17) is 0 Å². The number of benzene rings is 1. The summed E-state index contributed by atoms with van der Waals surface area (Å²) in [5, 5.41) is 0. The lowest BCUT2D eigenvalue weighted by Crippen LogP contribution is -2.06. The molecule has 1 unspecified atom stereocenters. The Labute approximate surface area is 78.2 Å². The fourth-order valence-electron chi connectivity index (χ4n) is 0.854. The van der Waals surface area contributed by atoms with Crippen molar-refractivity contribution in [1.82, 2.24) is 0 Å². The molecule has 0 aliphatic carbocycles. The van der Waals surface area contributed by atoms with Gasteiger partial charge in [0.25, 0.3) is 0 Å². The molecule has 1 aromatic rings. The first-order valence-corrected chi connectivity index (χ1v) is 5.05. The zero-order valence-corrected chi connectivity index (χ0v) is 7.94. The monoisotopic (exact) mass is 200 g/mol. The standard InChI is InChI=1S/C9H9FO2S/c1-7(11)6-13(12)9-4-2-8(10)3-5-9/h2-5H,6H2,1H3. The van der Waals surface area contributed by atoms with Gasteiger partial charge in [0.1, 0.15) is 11.6 Å². The smallest absolute Gasteiger partial charge is 0.142 e. The molecule has 0 spiro atoms. The third kappa shape index (κ3) is 3.06. The summed E-state index contributed by atoms with van der Waals surface area (Å²) in [6, 6.07) is 5.31. The van der Waals surface area contributed by atoms with E-state index in [-0.39, 0.29) is 17.4 Å². The van der Waals surface area contributed by atoms with Gasteiger partial charge in [0.15, 0.2) is 0 Å². The van der Waals surface area contributed by atoms with Crippen molar-refractivity contribution in [2.45, 2.75) is 11.8 Å². The Bertz CT molecular complexity index is 332. The predicted octanol–water partition coefficient (Wildman–Crippen LogP) is 1.52. The molecule has 0 aromatic heterocycles. The summed E-state index contributed by atoms with van der Waals surface area (Å²) < 4.78 is 23.8. The molecule has 0 bridgehead atoms. The molecule has 0 fully saturated rings. The summed E-state index contributed by atoms with van der Waals surface area (Å²) in [7, 11) is -1.34. The van der Waals surface area contributed by atoms with Crippen LogP contribution < -0.4 is 0 Å². The average Bonchev–Trinajstić information content (AvgIpc) is 2.04. The molecule has 1 aromatic carbocycles. The fourth-order valence-corrected chi connectivity index (χ4v) is 1.83. The van der Waals surface area contributed by atoms with Gasteiger partial charge in [-0.2, -0.15) is 0 Å². The second-order valence-corrected chi connectivity index (χ2v) is 4.10. The maximum atomic E-state index is 12.4. The Hall–Kier alpha value is -1.03. The number of ketones is 1. The minimum atomic E-state index is -1.34. The predicted molar refractivity (Wildman–Crippen MR) is 48.4 cm³/mol. The van der Waals surface area contributed by atoms with Crippen LogP contribution in [-0.2, 0) is 15.6 Å². The van der Waals surface area contributed by atoms with Crippen molar-refractivity contribution in [3.63, 3.8) is 0 Å². The first kappa shape index (κ1) is 10.1. The number of hydrogen-bond donors (Lipinski definition) is 0. The van der Waals surface area contributed by atoms with Crippen LogP contribution in [0.5, 0.6) is 0 Å². The van der Waals surface area contributed by atoms with E-state index >= 15 is 0 Å². The molecule has 13 heavy (non-hydrogen) atoms. The van der Waals surface area contributed by atoms with E-state index in [1.54, 1.807) is 0 Å². The van der Waals surface area contributed by atoms with Crippen LogP contribution in [-0.4, -0.2) is 15.7 Å². The lowest BCUT2D eigenvalue weighted by atomic mass is 10.4. The maximum Gasteiger partial charge on any atom is 0.142 e. The molecule has 0 saturated carbocycles. The van der Waals surface area contributed by atoms with Crippen LogP contribution in [0.25, 0.3) is 0 Å². The third-order valence-electron chi connectivity index (χ3n) is 1.41. The van der Waals surface area contributed by atoms with Crippen molar-refractivity contribution in [2.24, 2.45) is 0 Å². The minimum absolute atomic E-state index is 0.00830. The average molecular weight is 200 g/mol. The molecular weight excluding hydrogens is 191 g/mol. The number of halogens is 1. The lowest BCUT2D eigenvalue weighted by Gasteiger charge is -1.98. The normalized spacial score (nSPS) is 12.5. The van der Waals surface area contributed by atoms with Gasteiger partial charge in [-0.1, -0.05) is 0 Å². The zero-order valence-electron chi connectivity index (χ0n) is 7.12. The van der Waals surface area contributed by atoms with Crippen LogP contribution in [0.4, 0.5) is 4.39 Å². The molecule has 1 rings (SSSR count). The maximum absolute atomic E-state index is 12.4. The SMILES string of the molecule is CC(=O)CS(=O)c1ccc(F)cc1. The largest absolute Gasteiger partial charge is 0.299 e. The Morgan fingerprint density at radius 1 is 1.38 bits per heavy atom. The van der Waals surface area contributed by atoms with Crippen molar-refractivity contribution < 1.29 is 13.4 Å². The molecule has 0 heterocycles. The van der Waals surface area contributed by atoms with E-state index in [1.807, 2.05) is 0 Å². The second kappa shape index (κ2) is 4.28.